The van der Waals surface area contributed by atoms with Crippen molar-refractivity contribution < 1.29 is 22.8 Å². The number of aromatic nitrogens is 3. The lowest BCUT2D eigenvalue weighted by Crippen LogP contribution is -2.50. The van der Waals surface area contributed by atoms with Crippen LogP contribution in [0.1, 0.15) is 66.6 Å². The number of hydrogen-bond acceptors (Lipinski definition) is 6. The highest BCUT2D eigenvalue weighted by Crippen LogP contribution is 2.49. The zero-order valence-corrected chi connectivity index (χ0v) is 23.5. The minimum atomic E-state index is -2.90. The van der Waals surface area contributed by atoms with Crippen LogP contribution in [0.4, 0.5) is 24.7 Å². The van der Waals surface area contributed by atoms with E-state index in [0.717, 1.165) is 30.4 Å². The number of amides is 2. The Hall–Kier alpha value is -3.73. The molecule has 3 aromatic rings. The van der Waals surface area contributed by atoms with Gasteiger partial charge in [-0.15, -0.1) is 0 Å². The number of benzene rings is 1. The monoisotopic (exact) mass is 598 g/mol. The number of rotatable bonds is 6. The van der Waals surface area contributed by atoms with Gasteiger partial charge in [-0.05, 0) is 68.2 Å². The van der Waals surface area contributed by atoms with Crippen molar-refractivity contribution in [1.82, 2.24) is 20.3 Å². The van der Waals surface area contributed by atoms with Crippen LogP contribution in [-0.4, -0.2) is 52.4 Å². The lowest BCUT2D eigenvalue weighted by Gasteiger charge is -2.39. The van der Waals surface area contributed by atoms with Crippen LogP contribution in [-0.2, 0) is 10.2 Å². The fraction of sp³-hybridized carbons (Fsp3) is 0.433. The Morgan fingerprint density at radius 1 is 1.07 bits per heavy atom. The molecule has 220 valence electrons. The average molecular weight is 599 g/mol. The minimum Gasteiger partial charge on any atom is -0.355 e. The third kappa shape index (κ3) is 5.30. The van der Waals surface area contributed by atoms with Gasteiger partial charge in [0.05, 0.1) is 27.9 Å². The van der Waals surface area contributed by atoms with Crippen molar-refractivity contribution in [2.45, 2.75) is 56.4 Å². The molecule has 2 aromatic heterocycles. The van der Waals surface area contributed by atoms with Crippen LogP contribution in [0.3, 0.4) is 0 Å². The summed E-state index contributed by atoms with van der Waals surface area (Å²) in [6, 6.07) is 5.65. The lowest BCUT2D eigenvalue weighted by molar-refractivity contribution is -0.124. The van der Waals surface area contributed by atoms with Gasteiger partial charge < -0.3 is 15.1 Å². The van der Waals surface area contributed by atoms with Gasteiger partial charge in [-0.1, -0.05) is 17.7 Å². The molecule has 1 aromatic carbocycles. The van der Waals surface area contributed by atoms with Crippen molar-refractivity contribution in [3.63, 3.8) is 0 Å². The fourth-order valence-electron chi connectivity index (χ4n) is 6.67. The van der Waals surface area contributed by atoms with E-state index in [9.17, 15) is 22.8 Å². The van der Waals surface area contributed by atoms with Crippen LogP contribution >= 0.6 is 11.6 Å². The van der Waals surface area contributed by atoms with Gasteiger partial charge in [0.2, 0.25) is 5.91 Å². The summed E-state index contributed by atoms with van der Waals surface area (Å²) in [5, 5.41) is 2.96. The molecule has 42 heavy (non-hydrogen) atoms. The number of piperidine rings is 1. The van der Waals surface area contributed by atoms with Crippen molar-refractivity contribution >= 4 is 34.9 Å². The standard InChI is InChI=1S/C30H30ClF3N6O2/c31-19-13-22(26(27(33)34)37-15-19)28(41)38-21-4-1-18(2-5-21)17-40-24-14-20(32)3-6-23(24)30(29(40)42)7-11-39(12-8-30)25-16-35-9-10-36-25/h3,6,9-10,13-16,18,21,27H,1-2,4-5,7-8,11-12,17H2,(H,38,41). The number of nitrogens with one attached hydrogen (secondary N) is 1. The number of carbonyl (C=O) groups excluding carboxylic acids is 2. The maximum atomic E-state index is 14.4. The summed E-state index contributed by atoms with van der Waals surface area (Å²) in [5.74, 6) is -0.0824. The molecule has 1 N–H and O–H groups in total. The first-order valence-corrected chi connectivity index (χ1v) is 14.5. The number of hydrogen-bond donors (Lipinski definition) is 1. The number of fused-ring (bicyclic) bond motifs is 2. The van der Waals surface area contributed by atoms with Gasteiger partial charge >= 0.3 is 0 Å². The molecule has 0 radical (unpaired) electrons. The minimum absolute atomic E-state index is 0.00491. The molecule has 1 spiro atoms. The van der Waals surface area contributed by atoms with E-state index < -0.39 is 23.4 Å². The predicted molar refractivity (Wildman–Crippen MR) is 151 cm³/mol. The van der Waals surface area contributed by atoms with Crippen LogP contribution in [0.25, 0.3) is 0 Å². The topological polar surface area (TPSA) is 91.3 Å². The van der Waals surface area contributed by atoms with Crippen molar-refractivity contribution in [2.75, 3.05) is 29.4 Å². The van der Waals surface area contributed by atoms with Crippen LogP contribution in [0.2, 0.25) is 5.02 Å². The Bertz CT molecular complexity index is 1480. The highest BCUT2D eigenvalue weighted by Gasteiger charge is 2.52. The van der Waals surface area contributed by atoms with Crippen LogP contribution in [0.15, 0.2) is 49.1 Å². The van der Waals surface area contributed by atoms with Gasteiger partial charge in [0.15, 0.2) is 0 Å². The second-order valence-electron chi connectivity index (χ2n) is 11.3. The quantitative estimate of drug-likeness (QED) is 0.404. The highest BCUT2D eigenvalue weighted by atomic mass is 35.5. The van der Waals surface area contributed by atoms with Gasteiger partial charge in [0.25, 0.3) is 12.3 Å². The van der Waals surface area contributed by atoms with E-state index in [2.05, 4.69) is 25.2 Å². The number of pyridine rings is 1. The summed E-state index contributed by atoms with van der Waals surface area (Å²) >= 11 is 5.90. The van der Waals surface area contributed by atoms with E-state index in [-0.39, 0.29) is 34.3 Å². The molecule has 1 saturated heterocycles. The lowest BCUT2D eigenvalue weighted by atomic mass is 9.73. The highest BCUT2D eigenvalue weighted by molar-refractivity contribution is 6.30. The molecule has 3 aliphatic rings. The van der Waals surface area contributed by atoms with Gasteiger partial charge in [0.1, 0.15) is 17.3 Å². The first kappa shape index (κ1) is 28.4. The zero-order chi connectivity index (χ0) is 29.4. The molecular weight excluding hydrogens is 569 g/mol. The molecule has 1 saturated carbocycles. The molecule has 12 heteroatoms. The molecule has 6 rings (SSSR count). The van der Waals surface area contributed by atoms with Gasteiger partial charge in [-0.25, -0.2) is 18.2 Å². The van der Waals surface area contributed by atoms with E-state index in [1.165, 1.54) is 18.2 Å². The summed E-state index contributed by atoms with van der Waals surface area (Å²) in [4.78, 5) is 42.9. The van der Waals surface area contributed by atoms with E-state index in [0.29, 0.717) is 51.0 Å². The molecule has 2 aliphatic heterocycles. The maximum Gasteiger partial charge on any atom is 0.281 e. The van der Waals surface area contributed by atoms with Gasteiger partial charge in [-0.2, -0.15) is 0 Å². The Morgan fingerprint density at radius 2 is 1.83 bits per heavy atom. The molecule has 8 nitrogen and oxygen atoms in total. The Kier molecular flexibility index (Phi) is 7.78. The summed E-state index contributed by atoms with van der Waals surface area (Å²) in [6.45, 7) is 1.73. The third-order valence-electron chi connectivity index (χ3n) is 8.87. The van der Waals surface area contributed by atoms with E-state index in [1.807, 2.05) is 0 Å². The molecule has 2 amide bonds. The van der Waals surface area contributed by atoms with Gasteiger partial charge in [0, 0.05) is 44.3 Å². The number of anilines is 2. The van der Waals surface area contributed by atoms with E-state index in [4.69, 9.17) is 11.6 Å². The third-order valence-corrected chi connectivity index (χ3v) is 9.08. The van der Waals surface area contributed by atoms with Crippen molar-refractivity contribution in [3.8, 4) is 0 Å². The van der Waals surface area contributed by atoms with Crippen molar-refractivity contribution in [1.29, 1.82) is 0 Å². The molecule has 0 bridgehead atoms. The van der Waals surface area contributed by atoms with Crippen molar-refractivity contribution in [3.05, 3.63) is 76.7 Å². The number of nitrogens with zero attached hydrogens (tertiary/aromatic N) is 5. The van der Waals surface area contributed by atoms with Crippen LogP contribution in [0, 0.1) is 11.7 Å². The number of halogens is 4. The van der Waals surface area contributed by atoms with E-state index >= 15 is 0 Å². The zero-order valence-electron chi connectivity index (χ0n) is 22.8. The Morgan fingerprint density at radius 3 is 2.52 bits per heavy atom. The summed E-state index contributed by atoms with van der Waals surface area (Å²) in [5.41, 5.74) is -0.0209. The maximum absolute atomic E-state index is 14.4. The molecule has 4 heterocycles. The SMILES string of the molecule is O=C(NC1CCC(CN2C(=O)C3(CCN(c4cnccn4)CC3)c3ccc(F)cc32)CC1)c1cc(Cl)cnc1C(F)F. The predicted octanol–water partition coefficient (Wildman–Crippen LogP) is 5.48. The smallest absolute Gasteiger partial charge is 0.281 e. The second-order valence-corrected chi connectivity index (χ2v) is 11.7. The Labute approximate surface area is 246 Å². The fourth-order valence-corrected chi connectivity index (χ4v) is 6.83. The number of alkyl halides is 2. The van der Waals surface area contributed by atoms with Crippen molar-refractivity contribution in [2.24, 2.45) is 5.92 Å². The molecule has 2 fully saturated rings. The number of carbonyl (C=O) groups is 2. The molecule has 0 atom stereocenters. The van der Waals surface area contributed by atoms with Gasteiger partial charge in [-0.3, -0.25) is 19.6 Å². The first-order valence-electron chi connectivity index (χ1n) is 14.1. The normalized spacial score (nSPS) is 21.6. The Balaban J connectivity index is 1.12. The summed E-state index contributed by atoms with van der Waals surface area (Å²) < 4.78 is 41.2. The summed E-state index contributed by atoms with van der Waals surface area (Å²) in [7, 11) is 0. The summed E-state index contributed by atoms with van der Waals surface area (Å²) in [6.07, 6.45) is 7.08. The second kappa shape index (κ2) is 11.5. The van der Waals surface area contributed by atoms with Crippen LogP contribution < -0.4 is 15.1 Å². The molecule has 1 aliphatic carbocycles. The van der Waals surface area contributed by atoms with Crippen LogP contribution in [0.5, 0.6) is 0 Å². The molecular formula is C30H30ClF3N6O2. The first-order chi connectivity index (χ1) is 20.2. The van der Waals surface area contributed by atoms with E-state index in [1.54, 1.807) is 29.6 Å². The average Bonchev–Trinajstić information content (AvgIpc) is 3.20. The largest absolute Gasteiger partial charge is 0.355 e. The molecule has 0 unspecified atom stereocenters.